The zero-order valence-corrected chi connectivity index (χ0v) is 15.1. The first-order chi connectivity index (χ1) is 13.2. The third-order valence-electron chi connectivity index (χ3n) is 3.89. The Bertz CT molecular complexity index is 992. The van der Waals surface area contributed by atoms with Gasteiger partial charge in [0.05, 0.1) is 5.69 Å². The number of ether oxygens (including phenoxy) is 1. The van der Waals surface area contributed by atoms with Crippen molar-refractivity contribution in [1.82, 2.24) is 4.37 Å². The van der Waals surface area contributed by atoms with Crippen LogP contribution in [0.1, 0.15) is 27.7 Å². The number of halogens is 5. The van der Waals surface area contributed by atoms with Crippen LogP contribution in [-0.4, -0.2) is 10.2 Å². The second-order valence-electron chi connectivity index (χ2n) is 5.81. The van der Waals surface area contributed by atoms with Crippen LogP contribution < -0.4 is 4.74 Å². The third-order valence-corrected chi connectivity index (χ3v) is 4.82. The van der Waals surface area contributed by atoms with E-state index in [0.29, 0.717) is 11.1 Å². The predicted molar refractivity (Wildman–Crippen MR) is 93.2 cm³/mol. The minimum atomic E-state index is -4.71. The number of para-hydroxylation sites is 1. The van der Waals surface area contributed by atoms with Gasteiger partial charge in [-0.25, -0.2) is 8.78 Å². The van der Waals surface area contributed by atoms with Gasteiger partial charge in [0.25, 0.3) is 0 Å². The normalized spacial score (nSPS) is 11.5. The second kappa shape index (κ2) is 7.67. The van der Waals surface area contributed by atoms with Crippen LogP contribution in [-0.2, 0) is 12.8 Å². The molecule has 0 aliphatic rings. The molecular formula is C19H12F5NO2S. The minimum absolute atomic E-state index is 0.0239. The lowest BCUT2D eigenvalue weighted by molar-refractivity contribution is -0.135. The van der Waals surface area contributed by atoms with Gasteiger partial charge in [-0.2, -0.15) is 17.5 Å². The van der Waals surface area contributed by atoms with E-state index >= 15 is 0 Å². The summed E-state index contributed by atoms with van der Waals surface area (Å²) < 4.78 is 76.4. The highest BCUT2D eigenvalue weighted by atomic mass is 32.1. The molecule has 0 N–H and O–H groups in total. The van der Waals surface area contributed by atoms with Crippen molar-refractivity contribution < 1.29 is 31.5 Å². The maximum absolute atomic E-state index is 13.7. The van der Waals surface area contributed by atoms with Crippen LogP contribution in [0.5, 0.6) is 5.75 Å². The average Bonchev–Trinajstić information content (AvgIpc) is 3.05. The van der Waals surface area contributed by atoms with Crippen molar-refractivity contribution in [3.05, 3.63) is 70.1 Å². The summed E-state index contributed by atoms with van der Waals surface area (Å²) in [6, 6.07) is 8.84. The average molecular weight is 413 g/mol. The van der Waals surface area contributed by atoms with Gasteiger partial charge in [0.2, 0.25) is 0 Å². The number of rotatable bonds is 5. The highest BCUT2D eigenvalue weighted by Crippen LogP contribution is 2.40. The van der Waals surface area contributed by atoms with Crippen molar-refractivity contribution >= 4 is 17.3 Å². The summed E-state index contributed by atoms with van der Waals surface area (Å²) in [5.41, 5.74) is 0.352. The van der Waals surface area contributed by atoms with E-state index in [1.165, 1.54) is 31.2 Å². The van der Waals surface area contributed by atoms with E-state index in [2.05, 4.69) is 4.37 Å². The van der Waals surface area contributed by atoms with E-state index in [9.17, 15) is 26.7 Å². The summed E-state index contributed by atoms with van der Waals surface area (Å²) >= 11 is 0.223. The molecule has 1 heterocycles. The molecule has 0 saturated heterocycles. The fraction of sp³-hybridized carbons (Fsp3) is 0.158. The van der Waals surface area contributed by atoms with Gasteiger partial charge in [0.15, 0.2) is 23.2 Å². The number of carbonyl (C=O) groups is 1. The number of carbonyl (C=O) groups excluding carboxylic acids is 1. The first kappa shape index (κ1) is 19.9. The number of nitrogens with zero attached hydrogens (tertiary/aromatic N) is 1. The van der Waals surface area contributed by atoms with Crippen LogP contribution in [0.3, 0.4) is 0 Å². The Labute approximate surface area is 160 Å². The van der Waals surface area contributed by atoms with Crippen LogP contribution in [0.25, 0.3) is 11.3 Å². The Kier molecular flexibility index (Phi) is 5.46. The maximum Gasteiger partial charge on any atom is 0.427 e. The fourth-order valence-electron chi connectivity index (χ4n) is 2.52. The molecule has 1 aromatic heterocycles. The lowest BCUT2D eigenvalue weighted by atomic mass is 10.0. The van der Waals surface area contributed by atoms with Gasteiger partial charge >= 0.3 is 6.18 Å². The molecule has 0 spiro atoms. The third kappa shape index (κ3) is 4.04. The molecule has 2 aromatic carbocycles. The topological polar surface area (TPSA) is 39.2 Å². The van der Waals surface area contributed by atoms with Crippen molar-refractivity contribution in [2.24, 2.45) is 0 Å². The molecule has 146 valence electrons. The molecule has 28 heavy (non-hydrogen) atoms. The van der Waals surface area contributed by atoms with Crippen LogP contribution >= 0.6 is 11.5 Å². The lowest BCUT2D eigenvalue weighted by Crippen LogP contribution is -2.09. The molecule has 0 atom stereocenters. The maximum atomic E-state index is 13.7. The Morgan fingerprint density at radius 1 is 1.07 bits per heavy atom. The molecule has 3 aromatic rings. The zero-order chi connectivity index (χ0) is 20.5. The Morgan fingerprint density at radius 3 is 2.21 bits per heavy atom. The number of Topliss-reactive ketones (excluding diaryl/α,β-unsaturated/α-hetero) is 1. The largest absolute Gasteiger partial charge is 0.483 e. The molecule has 9 heteroatoms. The zero-order valence-electron chi connectivity index (χ0n) is 14.3. The van der Waals surface area contributed by atoms with Crippen molar-refractivity contribution in [2.75, 3.05) is 0 Å². The molecule has 0 radical (unpaired) electrons. The SMILES string of the molecule is CC(=O)c1ccc(-c2nsc(C(F)(F)F)c2COc2c(F)cccc2F)cc1. The van der Waals surface area contributed by atoms with Crippen LogP contribution in [0.15, 0.2) is 42.5 Å². The molecule has 3 nitrogen and oxygen atoms in total. The van der Waals surface area contributed by atoms with E-state index < -0.39 is 35.0 Å². The number of benzene rings is 2. The van der Waals surface area contributed by atoms with Gasteiger partial charge in [-0.1, -0.05) is 30.3 Å². The summed E-state index contributed by atoms with van der Waals surface area (Å²) in [4.78, 5) is 10.3. The Hall–Kier alpha value is -2.81. The Morgan fingerprint density at radius 2 is 1.68 bits per heavy atom. The molecule has 0 unspecified atom stereocenters. The number of hydrogen-bond acceptors (Lipinski definition) is 4. The first-order valence-electron chi connectivity index (χ1n) is 7.92. The van der Waals surface area contributed by atoms with Crippen molar-refractivity contribution in [3.63, 3.8) is 0 Å². The molecule has 3 rings (SSSR count). The second-order valence-corrected chi connectivity index (χ2v) is 6.58. The molecule has 0 aliphatic carbocycles. The standard InChI is InChI=1S/C19H12F5NO2S/c1-10(26)11-5-7-12(8-6-11)16-13(18(28-25-16)19(22,23)24)9-27-17-14(20)3-2-4-15(17)21/h2-8H,9H2,1H3. The predicted octanol–water partition coefficient (Wildman–Crippen LogP) is 5.89. The summed E-state index contributed by atoms with van der Waals surface area (Å²) in [5.74, 6) is -3.01. The highest BCUT2D eigenvalue weighted by Gasteiger charge is 2.38. The minimum Gasteiger partial charge on any atom is -0.483 e. The molecule has 0 amide bonds. The molecule has 0 fully saturated rings. The summed E-state index contributed by atoms with van der Waals surface area (Å²) in [5, 5.41) is 0. The van der Waals surface area contributed by atoms with E-state index in [4.69, 9.17) is 4.74 Å². The van der Waals surface area contributed by atoms with E-state index in [1.54, 1.807) is 0 Å². The van der Waals surface area contributed by atoms with Gasteiger partial charge in [-0.05, 0) is 30.6 Å². The van der Waals surface area contributed by atoms with Crippen LogP contribution in [0, 0.1) is 11.6 Å². The summed E-state index contributed by atoms with van der Waals surface area (Å²) in [6.45, 7) is 0.634. The molecule has 0 saturated carbocycles. The van der Waals surface area contributed by atoms with E-state index in [-0.39, 0.29) is 28.6 Å². The number of aromatic nitrogens is 1. The van der Waals surface area contributed by atoms with Crippen molar-refractivity contribution in [3.8, 4) is 17.0 Å². The van der Waals surface area contributed by atoms with E-state index in [0.717, 1.165) is 18.2 Å². The molecular weight excluding hydrogens is 401 g/mol. The van der Waals surface area contributed by atoms with Crippen molar-refractivity contribution in [1.29, 1.82) is 0 Å². The first-order valence-corrected chi connectivity index (χ1v) is 8.69. The molecule has 0 bridgehead atoms. The number of alkyl halides is 3. The van der Waals surface area contributed by atoms with Gasteiger partial charge in [0, 0.05) is 16.7 Å². The van der Waals surface area contributed by atoms with Gasteiger partial charge in [0.1, 0.15) is 11.5 Å². The number of ketones is 1. The fourth-order valence-corrected chi connectivity index (χ4v) is 3.29. The van der Waals surface area contributed by atoms with Crippen LogP contribution in [0.4, 0.5) is 22.0 Å². The summed E-state index contributed by atoms with van der Waals surface area (Å²) in [7, 11) is 0. The van der Waals surface area contributed by atoms with Gasteiger partial charge < -0.3 is 4.74 Å². The van der Waals surface area contributed by atoms with E-state index in [1.807, 2.05) is 0 Å². The lowest BCUT2D eigenvalue weighted by Gasteiger charge is -2.12. The summed E-state index contributed by atoms with van der Waals surface area (Å²) in [6.07, 6.45) is -4.71. The smallest absolute Gasteiger partial charge is 0.427 e. The quantitative estimate of drug-likeness (QED) is 0.387. The van der Waals surface area contributed by atoms with Gasteiger partial charge in [-0.15, -0.1) is 0 Å². The number of hydrogen-bond donors (Lipinski definition) is 0. The van der Waals surface area contributed by atoms with Crippen molar-refractivity contribution in [2.45, 2.75) is 19.7 Å². The Balaban J connectivity index is 2.00. The van der Waals surface area contributed by atoms with Crippen LogP contribution in [0.2, 0.25) is 0 Å². The monoisotopic (exact) mass is 413 g/mol. The molecule has 0 aliphatic heterocycles. The van der Waals surface area contributed by atoms with Gasteiger partial charge in [-0.3, -0.25) is 4.79 Å². The highest BCUT2D eigenvalue weighted by molar-refractivity contribution is 7.06.